The van der Waals surface area contributed by atoms with Crippen LogP contribution < -0.4 is 10.1 Å². The summed E-state index contributed by atoms with van der Waals surface area (Å²) in [5, 5.41) is 21.5. The van der Waals surface area contributed by atoms with Crippen molar-refractivity contribution in [3.63, 3.8) is 0 Å². The van der Waals surface area contributed by atoms with E-state index >= 15 is 0 Å². The lowest BCUT2D eigenvalue weighted by Gasteiger charge is -2.17. The van der Waals surface area contributed by atoms with Crippen molar-refractivity contribution < 1.29 is 19.4 Å². The molecular weight excluding hydrogens is 416 g/mol. The lowest BCUT2D eigenvalue weighted by molar-refractivity contribution is 0.0696. The van der Waals surface area contributed by atoms with Gasteiger partial charge >= 0.3 is 5.97 Å². The van der Waals surface area contributed by atoms with Crippen LogP contribution in [0.4, 0.5) is 0 Å². The number of carboxylic acid groups (broad SMARTS) is 1. The smallest absolute Gasteiger partial charge is 0.335 e. The maximum Gasteiger partial charge on any atom is 0.335 e. The highest BCUT2D eigenvalue weighted by Gasteiger charge is 2.17. The van der Waals surface area contributed by atoms with Crippen molar-refractivity contribution in [3.05, 3.63) is 99.6 Å². The van der Waals surface area contributed by atoms with Crippen LogP contribution >= 0.6 is 11.6 Å². The largest absolute Gasteiger partial charge is 0.488 e. The minimum atomic E-state index is -1.01. The van der Waals surface area contributed by atoms with Gasteiger partial charge in [-0.1, -0.05) is 41.9 Å². The first-order valence-electron chi connectivity index (χ1n) is 9.43. The molecule has 0 fully saturated rings. The molecule has 3 rings (SSSR count). The molecule has 2 N–H and O–H groups in total. The summed E-state index contributed by atoms with van der Waals surface area (Å²) in [5.41, 5.74) is 2.39. The lowest BCUT2D eigenvalue weighted by Crippen LogP contribution is -2.27. The van der Waals surface area contributed by atoms with E-state index in [1.807, 2.05) is 6.07 Å². The fraction of sp³-hybridized carbons (Fsp3) is 0.125. The second kappa shape index (κ2) is 9.79. The van der Waals surface area contributed by atoms with Crippen LogP contribution in [0.25, 0.3) is 0 Å². The highest BCUT2D eigenvalue weighted by Crippen LogP contribution is 2.25. The number of halogens is 1. The summed E-state index contributed by atoms with van der Waals surface area (Å²) >= 11 is 6.09. The Balaban J connectivity index is 1.76. The number of benzene rings is 3. The van der Waals surface area contributed by atoms with Crippen LogP contribution in [0.2, 0.25) is 5.02 Å². The quantitative estimate of drug-likeness (QED) is 0.546. The SMILES string of the molecule is C[C@H](NC(=O)c1cc(Cl)ccc1OCc1ccccc1C#N)c1ccc(C(=O)O)cc1. The summed E-state index contributed by atoms with van der Waals surface area (Å²) in [6, 6.07) is 19.8. The van der Waals surface area contributed by atoms with Gasteiger partial charge in [-0.15, -0.1) is 0 Å². The van der Waals surface area contributed by atoms with Gasteiger partial charge in [0.05, 0.1) is 28.8 Å². The number of hydrogen-bond acceptors (Lipinski definition) is 4. The highest BCUT2D eigenvalue weighted by molar-refractivity contribution is 6.31. The first-order valence-corrected chi connectivity index (χ1v) is 9.81. The Morgan fingerprint density at radius 1 is 1.13 bits per heavy atom. The van der Waals surface area contributed by atoms with Crippen LogP contribution in [0.5, 0.6) is 5.75 Å². The first kappa shape index (κ1) is 21.9. The molecule has 156 valence electrons. The van der Waals surface area contributed by atoms with Gasteiger partial charge in [-0.2, -0.15) is 5.26 Å². The molecule has 0 bridgehead atoms. The number of rotatable bonds is 7. The Kier molecular flexibility index (Phi) is 6.91. The molecule has 3 aromatic carbocycles. The summed E-state index contributed by atoms with van der Waals surface area (Å²) in [6.45, 7) is 1.92. The van der Waals surface area contributed by atoms with Crippen LogP contribution in [0, 0.1) is 11.3 Å². The van der Waals surface area contributed by atoms with Gasteiger partial charge in [-0.25, -0.2) is 4.79 Å². The second-order valence-electron chi connectivity index (χ2n) is 6.82. The van der Waals surface area contributed by atoms with Gasteiger partial charge in [-0.3, -0.25) is 4.79 Å². The van der Waals surface area contributed by atoms with E-state index in [9.17, 15) is 14.9 Å². The van der Waals surface area contributed by atoms with E-state index in [0.717, 1.165) is 5.56 Å². The lowest BCUT2D eigenvalue weighted by atomic mass is 10.1. The molecule has 0 unspecified atom stereocenters. The molecule has 0 aliphatic rings. The van der Waals surface area contributed by atoms with Gasteiger partial charge < -0.3 is 15.2 Å². The number of nitrogens with zero attached hydrogens (tertiary/aromatic N) is 1. The molecule has 0 saturated heterocycles. The third-order valence-corrected chi connectivity index (χ3v) is 4.95. The van der Waals surface area contributed by atoms with Gasteiger partial charge in [0.15, 0.2) is 0 Å². The fourth-order valence-corrected chi connectivity index (χ4v) is 3.16. The Hall–Kier alpha value is -3.82. The molecule has 0 saturated carbocycles. The molecule has 0 aromatic heterocycles. The third kappa shape index (κ3) is 5.41. The highest BCUT2D eigenvalue weighted by atomic mass is 35.5. The predicted molar refractivity (Wildman–Crippen MR) is 116 cm³/mol. The van der Waals surface area contributed by atoms with Gasteiger partial charge in [0.2, 0.25) is 0 Å². The summed E-state index contributed by atoms with van der Waals surface area (Å²) in [7, 11) is 0. The van der Waals surface area contributed by atoms with Crippen LogP contribution in [0.15, 0.2) is 66.7 Å². The van der Waals surface area contributed by atoms with Crippen molar-refractivity contribution in [2.45, 2.75) is 19.6 Å². The Bertz CT molecular complexity index is 1150. The molecule has 0 heterocycles. The Labute approximate surface area is 184 Å². The topological polar surface area (TPSA) is 99.4 Å². The van der Waals surface area contributed by atoms with E-state index in [1.54, 1.807) is 49.4 Å². The Morgan fingerprint density at radius 2 is 1.84 bits per heavy atom. The molecule has 1 atom stereocenters. The number of carbonyl (C=O) groups is 2. The van der Waals surface area contributed by atoms with Crippen molar-refractivity contribution in [1.82, 2.24) is 5.32 Å². The van der Waals surface area contributed by atoms with Gasteiger partial charge in [0, 0.05) is 10.6 Å². The molecule has 0 radical (unpaired) electrons. The van der Waals surface area contributed by atoms with Crippen LogP contribution in [0.1, 0.15) is 50.4 Å². The number of ether oxygens (including phenoxy) is 1. The molecule has 0 aliphatic heterocycles. The van der Waals surface area contributed by atoms with Crippen molar-refractivity contribution in [3.8, 4) is 11.8 Å². The zero-order chi connectivity index (χ0) is 22.4. The number of nitrogens with one attached hydrogen (secondary N) is 1. The van der Waals surface area contributed by atoms with Crippen LogP contribution in [-0.4, -0.2) is 17.0 Å². The molecule has 0 spiro atoms. The number of carbonyl (C=O) groups excluding carboxylic acids is 1. The van der Waals surface area contributed by atoms with E-state index in [2.05, 4.69) is 11.4 Å². The van der Waals surface area contributed by atoms with Crippen molar-refractivity contribution in [1.29, 1.82) is 5.26 Å². The van der Waals surface area contributed by atoms with Gasteiger partial charge in [-0.05, 0) is 48.9 Å². The summed E-state index contributed by atoms with van der Waals surface area (Å²) < 4.78 is 5.84. The summed E-state index contributed by atoms with van der Waals surface area (Å²) in [4.78, 5) is 23.9. The zero-order valence-electron chi connectivity index (χ0n) is 16.6. The normalized spacial score (nSPS) is 11.3. The van der Waals surface area contributed by atoms with E-state index < -0.39 is 5.97 Å². The van der Waals surface area contributed by atoms with E-state index in [-0.39, 0.29) is 29.7 Å². The molecule has 1 amide bonds. The Morgan fingerprint density at radius 3 is 2.52 bits per heavy atom. The van der Waals surface area contributed by atoms with Crippen molar-refractivity contribution in [2.75, 3.05) is 0 Å². The van der Waals surface area contributed by atoms with E-state index in [0.29, 0.717) is 21.9 Å². The van der Waals surface area contributed by atoms with Gasteiger partial charge in [0.1, 0.15) is 12.4 Å². The number of nitriles is 1. The molecular formula is C24H19ClN2O4. The second-order valence-corrected chi connectivity index (χ2v) is 7.26. The minimum absolute atomic E-state index is 0.123. The standard InChI is InChI=1S/C24H19ClN2O4/c1-15(16-6-8-17(9-7-16)24(29)30)27-23(28)21-12-20(25)10-11-22(21)31-14-19-5-3-2-4-18(19)13-26/h2-12,15H,14H2,1H3,(H,27,28)(H,29,30)/t15-/m0/s1. The molecule has 6 nitrogen and oxygen atoms in total. The molecule has 3 aromatic rings. The average molecular weight is 435 g/mol. The van der Waals surface area contributed by atoms with Crippen LogP contribution in [0.3, 0.4) is 0 Å². The monoisotopic (exact) mass is 434 g/mol. The fourth-order valence-electron chi connectivity index (χ4n) is 2.99. The maximum atomic E-state index is 12.9. The van der Waals surface area contributed by atoms with Crippen molar-refractivity contribution in [2.24, 2.45) is 0 Å². The average Bonchev–Trinajstić information content (AvgIpc) is 2.78. The molecule has 0 aliphatic carbocycles. The van der Waals surface area contributed by atoms with Crippen LogP contribution in [-0.2, 0) is 6.61 Å². The molecule has 31 heavy (non-hydrogen) atoms. The molecule has 7 heteroatoms. The number of amides is 1. The first-order chi connectivity index (χ1) is 14.9. The number of aromatic carboxylic acids is 1. The van der Waals surface area contributed by atoms with Crippen molar-refractivity contribution >= 4 is 23.5 Å². The third-order valence-electron chi connectivity index (χ3n) is 4.71. The number of carboxylic acids is 1. The maximum absolute atomic E-state index is 12.9. The predicted octanol–water partition coefficient (Wildman–Crippen LogP) is 4.98. The summed E-state index contributed by atoms with van der Waals surface area (Å²) in [6.07, 6.45) is 0. The van der Waals surface area contributed by atoms with E-state index in [4.69, 9.17) is 21.4 Å². The van der Waals surface area contributed by atoms with E-state index in [1.165, 1.54) is 18.2 Å². The number of hydrogen-bond donors (Lipinski definition) is 2. The van der Waals surface area contributed by atoms with Gasteiger partial charge in [0.25, 0.3) is 5.91 Å². The zero-order valence-corrected chi connectivity index (χ0v) is 17.4. The minimum Gasteiger partial charge on any atom is -0.488 e. The summed E-state index contributed by atoms with van der Waals surface area (Å²) in [5.74, 6) is -1.06.